The van der Waals surface area contributed by atoms with Crippen molar-refractivity contribution in [2.75, 3.05) is 19.6 Å². The topological polar surface area (TPSA) is 157 Å². The highest BCUT2D eigenvalue weighted by Crippen LogP contribution is 2.33. The van der Waals surface area contributed by atoms with Crippen molar-refractivity contribution in [2.24, 2.45) is 29.2 Å². The van der Waals surface area contributed by atoms with Gasteiger partial charge < -0.3 is 21.3 Å². The number of nitriles is 2. The van der Waals surface area contributed by atoms with Crippen LogP contribution in [0.5, 0.6) is 0 Å². The van der Waals surface area contributed by atoms with Crippen LogP contribution in [0.15, 0.2) is 0 Å². The number of carbonyl (C=O) groups excluding carboxylic acids is 3. The van der Waals surface area contributed by atoms with Crippen LogP contribution in [0.2, 0.25) is 0 Å². The Labute approximate surface area is 133 Å². The predicted molar refractivity (Wildman–Crippen MR) is 76.6 cm³/mol. The van der Waals surface area contributed by atoms with E-state index in [1.165, 1.54) is 16.7 Å². The maximum Gasteiger partial charge on any atom is 0.239 e. The molecule has 2 aliphatic heterocycles. The van der Waals surface area contributed by atoms with Gasteiger partial charge in [0.05, 0.1) is 36.1 Å². The van der Waals surface area contributed by atoms with Crippen molar-refractivity contribution < 1.29 is 14.4 Å². The molecule has 23 heavy (non-hydrogen) atoms. The standard InChI is InChI=1S/C14H18N6O3/c1-7(17)13(22)20-6-9(3-16)11(20)10(12(18)21)14(23)19-4-8(2-15)5-19/h7-11H,4-6,17H2,1H3,(H2,18,21)/t7-,9?,10-,11?/m1/s1. The van der Waals surface area contributed by atoms with Crippen LogP contribution in [0.25, 0.3) is 0 Å². The van der Waals surface area contributed by atoms with Crippen LogP contribution in [-0.2, 0) is 14.4 Å². The van der Waals surface area contributed by atoms with E-state index in [0.717, 1.165) is 0 Å². The summed E-state index contributed by atoms with van der Waals surface area (Å²) in [4.78, 5) is 39.0. The number of rotatable bonds is 4. The summed E-state index contributed by atoms with van der Waals surface area (Å²) in [5.74, 6) is -4.07. The molecule has 2 saturated heterocycles. The fourth-order valence-corrected chi connectivity index (χ4v) is 2.92. The van der Waals surface area contributed by atoms with Gasteiger partial charge in [0.25, 0.3) is 0 Å². The zero-order valence-corrected chi connectivity index (χ0v) is 12.7. The van der Waals surface area contributed by atoms with E-state index in [2.05, 4.69) is 0 Å². The third-order valence-electron chi connectivity index (χ3n) is 4.29. The van der Waals surface area contributed by atoms with E-state index in [-0.39, 0.29) is 25.6 Å². The Morgan fingerprint density at radius 3 is 2.17 bits per heavy atom. The SMILES string of the molecule is C[C@@H](N)C(=O)N1CC(C#N)C1[C@H](C(N)=O)C(=O)N1CC(C#N)C1. The van der Waals surface area contributed by atoms with Gasteiger partial charge >= 0.3 is 0 Å². The molecule has 2 rings (SSSR count). The fourth-order valence-electron chi connectivity index (χ4n) is 2.92. The molecular weight excluding hydrogens is 300 g/mol. The van der Waals surface area contributed by atoms with Crippen LogP contribution in [0.4, 0.5) is 0 Å². The molecule has 0 bridgehead atoms. The molecule has 0 spiro atoms. The summed E-state index contributed by atoms with van der Waals surface area (Å²) in [6, 6.07) is 2.33. The second-order valence-corrected chi connectivity index (χ2v) is 5.95. The van der Waals surface area contributed by atoms with E-state index in [0.29, 0.717) is 0 Å². The number of hydrogen-bond acceptors (Lipinski definition) is 6. The molecule has 2 aliphatic rings. The lowest BCUT2D eigenvalue weighted by atomic mass is 9.78. The Balaban J connectivity index is 2.20. The molecule has 4 N–H and O–H groups in total. The summed E-state index contributed by atoms with van der Waals surface area (Å²) in [5, 5.41) is 17.9. The Morgan fingerprint density at radius 2 is 1.74 bits per heavy atom. The molecule has 0 radical (unpaired) electrons. The number of nitrogens with zero attached hydrogens (tertiary/aromatic N) is 4. The van der Waals surface area contributed by atoms with E-state index >= 15 is 0 Å². The summed E-state index contributed by atoms with van der Waals surface area (Å²) in [6.07, 6.45) is 0. The predicted octanol–water partition coefficient (Wildman–Crippen LogP) is -2.23. The summed E-state index contributed by atoms with van der Waals surface area (Å²) in [6.45, 7) is 2.07. The maximum atomic E-state index is 12.5. The zero-order chi connectivity index (χ0) is 17.3. The molecule has 122 valence electrons. The van der Waals surface area contributed by atoms with E-state index in [1.54, 1.807) is 0 Å². The Morgan fingerprint density at radius 1 is 1.13 bits per heavy atom. The van der Waals surface area contributed by atoms with Gasteiger partial charge in [-0.05, 0) is 6.92 Å². The van der Waals surface area contributed by atoms with E-state index in [9.17, 15) is 14.4 Å². The zero-order valence-electron chi connectivity index (χ0n) is 12.7. The van der Waals surface area contributed by atoms with Crippen molar-refractivity contribution in [1.82, 2.24) is 9.80 Å². The molecule has 2 fully saturated rings. The van der Waals surface area contributed by atoms with Crippen LogP contribution in [0.3, 0.4) is 0 Å². The van der Waals surface area contributed by atoms with Crippen LogP contribution < -0.4 is 11.5 Å². The Kier molecular flexibility index (Phi) is 4.52. The van der Waals surface area contributed by atoms with E-state index in [4.69, 9.17) is 22.0 Å². The van der Waals surface area contributed by atoms with E-state index < -0.39 is 41.6 Å². The number of carbonyl (C=O) groups is 3. The summed E-state index contributed by atoms with van der Waals surface area (Å²) >= 11 is 0. The number of amides is 3. The molecule has 2 unspecified atom stereocenters. The Hall–Kier alpha value is -2.65. The van der Waals surface area contributed by atoms with Gasteiger partial charge in [-0.25, -0.2) is 0 Å². The smallest absolute Gasteiger partial charge is 0.239 e. The molecule has 3 amide bonds. The number of hydrogen-bond donors (Lipinski definition) is 2. The number of nitrogens with two attached hydrogens (primary N) is 2. The van der Waals surface area contributed by atoms with Crippen molar-refractivity contribution in [2.45, 2.75) is 19.0 Å². The number of primary amides is 1. The van der Waals surface area contributed by atoms with Crippen molar-refractivity contribution in [3.05, 3.63) is 0 Å². The van der Waals surface area contributed by atoms with Crippen LogP contribution in [-0.4, -0.2) is 59.2 Å². The largest absolute Gasteiger partial charge is 0.369 e. The van der Waals surface area contributed by atoms with Gasteiger partial charge in [0.2, 0.25) is 17.7 Å². The van der Waals surface area contributed by atoms with Crippen molar-refractivity contribution in [3.8, 4) is 12.1 Å². The molecule has 2 heterocycles. The lowest BCUT2D eigenvalue weighted by Crippen LogP contribution is -2.68. The third-order valence-corrected chi connectivity index (χ3v) is 4.29. The lowest BCUT2D eigenvalue weighted by molar-refractivity contribution is -0.158. The lowest BCUT2D eigenvalue weighted by Gasteiger charge is -2.49. The molecule has 4 atom stereocenters. The van der Waals surface area contributed by atoms with Gasteiger partial charge in [0.1, 0.15) is 5.92 Å². The van der Waals surface area contributed by atoms with Crippen LogP contribution in [0.1, 0.15) is 6.92 Å². The quantitative estimate of drug-likeness (QED) is 0.558. The molecule has 0 aromatic heterocycles. The average molecular weight is 318 g/mol. The molecule has 0 aromatic carbocycles. The second-order valence-electron chi connectivity index (χ2n) is 5.95. The molecule has 9 nitrogen and oxygen atoms in total. The summed E-state index contributed by atoms with van der Waals surface area (Å²) < 4.78 is 0. The van der Waals surface area contributed by atoms with Gasteiger partial charge in [-0.15, -0.1) is 0 Å². The van der Waals surface area contributed by atoms with Crippen molar-refractivity contribution in [1.29, 1.82) is 10.5 Å². The monoisotopic (exact) mass is 318 g/mol. The van der Waals surface area contributed by atoms with Gasteiger partial charge in [-0.2, -0.15) is 10.5 Å². The van der Waals surface area contributed by atoms with Crippen molar-refractivity contribution >= 4 is 17.7 Å². The van der Waals surface area contributed by atoms with Gasteiger partial charge in [0, 0.05) is 19.6 Å². The minimum absolute atomic E-state index is 0.124. The minimum atomic E-state index is -1.30. The van der Waals surface area contributed by atoms with Crippen LogP contribution in [0, 0.1) is 40.4 Å². The normalized spacial score (nSPS) is 26.1. The van der Waals surface area contributed by atoms with Gasteiger partial charge in [0.15, 0.2) is 0 Å². The van der Waals surface area contributed by atoms with Crippen molar-refractivity contribution in [3.63, 3.8) is 0 Å². The van der Waals surface area contributed by atoms with Gasteiger partial charge in [-0.1, -0.05) is 0 Å². The maximum absolute atomic E-state index is 12.5. The summed E-state index contributed by atoms with van der Waals surface area (Å²) in [7, 11) is 0. The second kappa shape index (κ2) is 6.23. The molecule has 9 heteroatoms. The minimum Gasteiger partial charge on any atom is -0.369 e. The fraction of sp³-hybridized carbons (Fsp3) is 0.643. The first-order chi connectivity index (χ1) is 10.8. The molecule has 0 aliphatic carbocycles. The first kappa shape index (κ1) is 16.7. The van der Waals surface area contributed by atoms with E-state index in [1.807, 2.05) is 12.1 Å². The number of likely N-dealkylation sites (tertiary alicyclic amines) is 2. The van der Waals surface area contributed by atoms with Crippen LogP contribution >= 0.6 is 0 Å². The highest BCUT2D eigenvalue weighted by molar-refractivity contribution is 6.01. The highest BCUT2D eigenvalue weighted by Gasteiger charge is 2.53. The Bertz CT molecular complexity index is 613. The van der Waals surface area contributed by atoms with Gasteiger partial charge in [-0.3, -0.25) is 14.4 Å². The first-order valence-electron chi connectivity index (χ1n) is 7.25. The molecule has 0 saturated carbocycles. The third kappa shape index (κ3) is 2.83. The highest BCUT2D eigenvalue weighted by atomic mass is 16.2. The molecule has 0 aromatic rings. The average Bonchev–Trinajstić information content (AvgIpc) is 2.41. The molecular formula is C14H18N6O3. The first-order valence-corrected chi connectivity index (χ1v) is 7.25. The summed E-state index contributed by atoms with van der Waals surface area (Å²) in [5.41, 5.74) is 10.9.